The summed E-state index contributed by atoms with van der Waals surface area (Å²) in [5, 5.41) is 8.76. The first-order valence-corrected chi connectivity index (χ1v) is 8.48. The number of rotatable bonds is 4. The van der Waals surface area contributed by atoms with Gasteiger partial charge in [0.2, 0.25) is 0 Å². The number of amides is 1. The molecule has 1 aliphatic rings. The van der Waals surface area contributed by atoms with Crippen LogP contribution in [-0.2, 0) is 4.79 Å². The van der Waals surface area contributed by atoms with Crippen molar-refractivity contribution >= 4 is 28.9 Å². The number of allylic oxidation sites excluding steroid dienone is 1. The van der Waals surface area contributed by atoms with Crippen molar-refractivity contribution in [2.24, 2.45) is 0 Å². The maximum absolute atomic E-state index is 14.3. The van der Waals surface area contributed by atoms with Crippen molar-refractivity contribution in [1.29, 1.82) is 0 Å². The average Bonchev–Trinajstić information content (AvgIpc) is 2.61. The van der Waals surface area contributed by atoms with Gasteiger partial charge in [-0.1, -0.05) is 12.1 Å². The Bertz CT molecular complexity index is 946. The second kappa shape index (κ2) is 7.71. The summed E-state index contributed by atoms with van der Waals surface area (Å²) in [6.45, 7) is 1.67. The molecule has 140 valence electrons. The molecule has 3 rings (SSSR count). The lowest BCUT2D eigenvalue weighted by Gasteiger charge is -2.30. The Morgan fingerprint density at radius 2 is 2.00 bits per heavy atom. The van der Waals surface area contributed by atoms with E-state index in [0.29, 0.717) is 17.1 Å². The second-order valence-corrected chi connectivity index (χ2v) is 6.33. The van der Waals surface area contributed by atoms with Gasteiger partial charge < -0.3 is 20.7 Å². The minimum atomic E-state index is -0.857. The highest BCUT2D eigenvalue weighted by Crippen LogP contribution is 2.30. The Kier molecular flexibility index (Phi) is 5.36. The summed E-state index contributed by atoms with van der Waals surface area (Å²) in [6.07, 6.45) is 0. The molecular weight excluding hydrogens is 372 g/mol. The molecule has 0 bridgehead atoms. The van der Waals surface area contributed by atoms with Gasteiger partial charge in [-0.25, -0.2) is 8.78 Å². The average molecular weight is 389 g/mol. The summed E-state index contributed by atoms with van der Waals surface area (Å²) in [4.78, 5) is 12.9. The minimum absolute atomic E-state index is 0.121. The number of benzene rings is 2. The van der Waals surface area contributed by atoms with Crippen LogP contribution in [-0.4, -0.2) is 18.1 Å². The van der Waals surface area contributed by atoms with E-state index in [2.05, 4.69) is 16.0 Å². The Morgan fingerprint density at radius 3 is 2.70 bits per heavy atom. The van der Waals surface area contributed by atoms with Crippen LogP contribution in [0.4, 0.5) is 14.5 Å². The van der Waals surface area contributed by atoms with Gasteiger partial charge in [0.05, 0.1) is 18.7 Å². The largest absolute Gasteiger partial charge is 0.497 e. The quantitative estimate of drug-likeness (QED) is 0.700. The standard InChI is InChI=1S/C19H17F2N3O2S/c1-10-16(18(25)23-12-4-3-5-13(9-12)26-2)17(24-19(27)22-10)14-7-6-11(20)8-15(14)21/h3-9,17H,1-2H3,(H,23,25)(H2,22,24,27)/t17-/m1/s1. The van der Waals surface area contributed by atoms with E-state index < -0.39 is 23.6 Å². The Labute approximate surface area is 160 Å². The fraction of sp³-hybridized carbons (Fsp3) is 0.158. The zero-order valence-electron chi connectivity index (χ0n) is 14.6. The number of carbonyl (C=O) groups is 1. The Morgan fingerprint density at radius 1 is 1.22 bits per heavy atom. The van der Waals surface area contributed by atoms with Gasteiger partial charge in [0.15, 0.2) is 5.11 Å². The third-order valence-electron chi connectivity index (χ3n) is 4.11. The Hall–Kier alpha value is -3.00. The van der Waals surface area contributed by atoms with Crippen molar-refractivity contribution in [3.8, 4) is 5.75 Å². The number of ether oxygens (including phenoxy) is 1. The molecule has 27 heavy (non-hydrogen) atoms. The third-order valence-corrected chi connectivity index (χ3v) is 4.33. The van der Waals surface area contributed by atoms with E-state index in [0.717, 1.165) is 12.1 Å². The number of hydrogen-bond donors (Lipinski definition) is 3. The number of carbonyl (C=O) groups excluding carboxylic acids is 1. The van der Waals surface area contributed by atoms with Crippen molar-refractivity contribution in [2.45, 2.75) is 13.0 Å². The van der Waals surface area contributed by atoms with Gasteiger partial charge in [-0.2, -0.15) is 0 Å². The van der Waals surface area contributed by atoms with Gasteiger partial charge in [0.1, 0.15) is 17.4 Å². The summed E-state index contributed by atoms with van der Waals surface area (Å²) in [7, 11) is 1.52. The molecule has 0 aromatic heterocycles. The highest BCUT2D eigenvalue weighted by molar-refractivity contribution is 7.80. The van der Waals surface area contributed by atoms with Crippen molar-refractivity contribution in [2.75, 3.05) is 12.4 Å². The molecule has 1 heterocycles. The van der Waals surface area contributed by atoms with Gasteiger partial charge >= 0.3 is 0 Å². The van der Waals surface area contributed by atoms with Gasteiger partial charge in [0.25, 0.3) is 5.91 Å². The number of halogens is 2. The predicted octanol–water partition coefficient (Wildman–Crippen LogP) is 3.40. The van der Waals surface area contributed by atoms with Gasteiger partial charge in [0, 0.05) is 29.1 Å². The zero-order chi connectivity index (χ0) is 19.6. The van der Waals surface area contributed by atoms with Crippen LogP contribution in [0.2, 0.25) is 0 Å². The first-order valence-electron chi connectivity index (χ1n) is 8.07. The maximum Gasteiger partial charge on any atom is 0.255 e. The molecule has 2 aromatic rings. The fourth-order valence-corrected chi connectivity index (χ4v) is 3.13. The summed E-state index contributed by atoms with van der Waals surface area (Å²) < 4.78 is 32.8. The summed E-state index contributed by atoms with van der Waals surface area (Å²) in [5.74, 6) is -1.33. The molecule has 0 radical (unpaired) electrons. The first-order chi connectivity index (χ1) is 12.9. The van der Waals surface area contributed by atoms with Gasteiger partial charge in [-0.15, -0.1) is 0 Å². The molecule has 5 nitrogen and oxygen atoms in total. The van der Waals surface area contributed by atoms with Crippen molar-refractivity contribution in [3.63, 3.8) is 0 Å². The minimum Gasteiger partial charge on any atom is -0.497 e. The summed E-state index contributed by atoms with van der Waals surface area (Å²) in [5.41, 5.74) is 1.37. The van der Waals surface area contributed by atoms with Gasteiger partial charge in [-0.05, 0) is 37.3 Å². The molecule has 0 saturated carbocycles. The molecule has 2 aromatic carbocycles. The molecule has 0 unspecified atom stereocenters. The maximum atomic E-state index is 14.3. The van der Waals surface area contributed by atoms with E-state index >= 15 is 0 Å². The van der Waals surface area contributed by atoms with Crippen molar-refractivity contribution < 1.29 is 18.3 Å². The normalized spacial score (nSPS) is 16.4. The van der Waals surface area contributed by atoms with Crippen LogP contribution in [0.1, 0.15) is 18.5 Å². The molecule has 0 spiro atoms. The van der Waals surface area contributed by atoms with Gasteiger partial charge in [-0.3, -0.25) is 4.79 Å². The number of thiocarbonyl (C=S) groups is 1. The van der Waals surface area contributed by atoms with Crippen LogP contribution in [0.5, 0.6) is 5.75 Å². The van der Waals surface area contributed by atoms with Crippen LogP contribution in [0.15, 0.2) is 53.7 Å². The SMILES string of the molecule is COc1cccc(NC(=O)C2=C(C)NC(=S)N[C@@H]2c2ccc(F)cc2F)c1. The van der Waals surface area contributed by atoms with Crippen LogP contribution in [0.25, 0.3) is 0 Å². The smallest absolute Gasteiger partial charge is 0.255 e. The number of methoxy groups -OCH3 is 1. The van der Waals surface area contributed by atoms with Crippen molar-refractivity contribution in [3.05, 3.63) is 70.9 Å². The van der Waals surface area contributed by atoms with E-state index in [1.54, 1.807) is 31.2 Å². The molecule has 3 N–H and O–H groups in total. The van der Waals surface area contributed by atoms with E-state index in [1.165, 1.54) is 13.2 Å². The first kappa shape index (κ1) is 18.8. The van der Waals surface area contributed by atoms with Crippen molar-refractivity contribution in [1.82, 2.24) is 10.6 Å². The molecular formula is C19H17F2N3O2S. The van der Waals surface area contributed by atoms with Crippen LogP contribution in [0, 0.1) is 11.6 Å². The highest BCUT2D eigenvalue weighted by atomic mass is 32.1. The molecule has 0 saturated heterocycles. The highest BCUT2D eigenvalue weighted by Gasteiger charge is 2.31. The molecule has 1 atom stereocenters. The fourth-order valence-electron chi connectivity index (χ4n) is 2.86. The third kappa shape index (κ3) is 4.06. The molecule has 0 fully saturated rings. The molecule has 1 amide bonds. The molecule has 1 aliphatic heterocycles. The van der Waals surface area contributed by atoms with E-state index in [1.807, 2.05) is 0 Å². The molecule has 8 heteroatoms. The topological polar surface area (TPSA) is 62.4 Å². The zero-order valence-corrected chi connectivity index (χ0v) is 15.4. The lowest BCUT2D eigenvalue weighted by molar-refractivity contribution is -0.113. The monoisotopic (exact) mass is 389 g/mol. The number of anilines is 1. The summed E-state index contributed by atoms with van der Waals surface area (Å²) in [6, 6.07) is 9.20. The van der Waals surface area contributed by atoms with E-state index in [-0.39, 0.29) is 16.2 Å². The van der Waals surface area contributed by atoms with Crippen LogP contribution >= 0.6 is 12.2 Å². The lowest BCUT2D eigenvalue weighted by Crippen LogP contribution is -2.46. The Balaban J connectivity index is 1.97. The number of hydrogen-bond acceptors (Lipinski definition) is 3. The number of nitrogens with one attached hydrogen (secondary N) is 3. The predicted molar refractivity (Wildman–Crippen MR) is 102 cm³/mol. The second-order valence-electron chi connectivity index (χ2n) is 5.92. The molecule has 0 aliphatic carbocycles. The van der Waals surface area contributed by atoms with E-state index in [9.17, 15) is 13.6 Å². The van der Waals surface area contributed by atoms with Crippen LogP contribution in [0.3, 0.4) is 0 Å². The van der Waals surface area contributed by atoms with E-state index in [4.69, 9.17) is 17.0 Å². The lowest BCUT2D eigenvalue weighted by atomic mass is 9.94. The summed E-state index contributed by atoms with van der Waals surface area (Å²) >= 11 is 5.13. The van der Waals surface area contributed by atoms with Crippen LogP contribution < -0.4 is 20.7 Å².